The lowest BCUT2D eigenvalue weighted by molar-refractivity contribution is -0.159. The van der Waals surface area contributed by atoms with E-state index in [1.807, 2.05) is 56.3 Å². The Labute approximate surface area is 304 Å². The molecule has 2 atom stereocenters. The topological polar surface area (TPSA) is 156 Å². The van der Waals surface area contributed by atoms with Gasteiger partial charge in [-0.15, -0.1) is 11.6 Å². The Morgan fingerprint density at radius 2 is 1.31 bits per heavy atom. The van der Waals surface area contributed by atoms with Crippen LogP contribution in [0.1, 0.15) is 53.8 Å². The third-order valence-corrected chi connectivity index (χ3v) is 9.68. The van der Waals surface area contributed by atoms with Gasteiger partial charge in [-0.25, -0.2) is 23.9 Å². The van der Waals surface area contributed by atoms with Crippen LogP contribution in [0.15, 0.2) is 82.6 Å². The molecule has 5 aromatic rings. The van der Waals surface area contributed by atoms with Gasteiger partial charge in [-0.3, -0.25) is 23.3 Å². The lowest BCUT2D eigenvalue weighted by Gasteiger charge is -2.39. The summed E-state index contributed by atoms with van der Waals surface area (Å²) in [5.74, 6) is -3.41. The molecular formula is C38H41ClFN5O7. The summed E-state index contributed by atoms with van der Waals surface area (Å²) >= 11 is 5.66. The van der Waals surface area contributed by atoms with Gasteiger partial charge in [0.05, 0.1) is 12.7 Å². The van der Waals surface area contributed by atoms with Crippen LogP contribution < -0.4 is 11.1 Å². The molecule has 2 bridgehead atoms. The fourth-order valence-electron chi connectivity index (χ4n) is 6.93. The zero-order valence-electron chi connectivity index (χ0n) is 29.0. The van der Waals surface area contributed by atoms with Gasteiger partial charge in [-0.2, -0.15) is 0 Å². The highest BCUT2D eigenvalue weighted by molar-refractivity contribution is 6.27. The zero-order valence-corrected chi connectivity index (χ0v) is 29.7. The van der Waals surface area contributed by atoms with E-state index in [1.54, 1.807) is 33.3 Å². The van der Waals surface area contributed by atoms with Crippen LogP contribution in [0.25, 0.3) is 11.3 Å². The molecule has 14 heteroatoms. The van der Waals surface area contributed by atoms with Crippen molar-refractivity contribution in [3.63, 3.8) is 0 Å². The highest BCUT2D eigenvalue weighted by Crippen LogP contribution is 2.37. The van der Waals surface area contributed by atoms with E-state index in [1.165, 1.54) is 6.07 Å². The maximum absolute atomic E-state index is 13.9. The Kier molecular flexibility index (Phi) is 12.9. The van der Waals surface area contributed by atoms with Crippen LogP contribution in [0.3, 0.4) is 0 Å². The van der Waals surface area contributed by atoms with E-state index in [4.69, 9.17) is 36.1 Å². The minimum absolute atomic E-state index is 0.0150. The first-order valence-corrected chi connectivity index (χ1v) is 17.6. The Morgan fingerprint density at radius 1 is 0.808 bits per heavy atom. The van der Waals surface area contributed by atoms with Gasteiger partial charge in [0, 0.05) is 65.0 Å². The van der Waals surface area contributed by atoms with Gasteiger partial charge >= 0.3 is 11.9 Å². The molecule has 0 spiro atoms. The number of nitrogens with zero attached hydrogens (tertiary/aromatic N) is 5. The van der Waals surface area contributed by atoms with E-state index in [0.29, 0.717) is 59.8 Å². The molecule has 274 valence electrons. The van der Waals surface area contributed by atoms with Gasteiger partial charge < -0.3 is 14.9 Å². The van der Waals surface area contributed by atoms with E-state index in [-0.39, 0.29) is 23.0 Å². The minimum Gasteiger partial charge on any atom is -0.473 e. The Balaban J connectivity index is 0.000000206. The summed E-state index contributed by atoms with van der Waals surface area (Å²) in [5.41, 5.74) is 5.13. The number of carbonyl (C=O) groups is 2. The molecule has 12 nitrogen and oxygen atoms in total. The SMILES string of the molecule is Cc1nc2ccccn2c(=O)c1CCCl.Cc1nc2ccccn2c(=O)c1CCN1C2CCC1CC(OCc1ccccc1F)C2.O=C(O)C(=O)O. The molecule has 2 aliphatic heterocycles. The van der Waals surface area contributed by atoms with Crippen molar-refractivity contribution in [2.45, 2.75) is 77.2 Å². The number of aliphatic carboxylic acids is 2. The first-order valence-electron chi connectivity index (χ1n) is 17.0. The van der Waals surface area contributed by atoms with E-state index in [0.717, 1.165) is 49.2 Å². The third kappa shape index (κ3) is 9.08. The monoisotopic (exact) mass is 733 g/mol. The highest BCUT2D eigenvalue weighted by atomic mass is 35.5. The summed E-state index contributed by atoms with van der Waals surface area (Å²) in [6, 6.07) is 18.9. The first-order chi connectivity index (χ1) is 25.0. The van der Waals surface area contributed by atoms with Gasteiger partial charge in [-0.05, 0) is 82.7 Å². The predicted molar refractivity (Wildman–Crippen MR) is 194 cm³/mol. The van der Waals surface area contributed by atoms with Gasteiger partial charge in [0.2, 0.25) is 0 Å². The Bertz CT molecular complexity index is 2150. The quantitative estimate of drug-likeness (QED) is 0.167. The molecule has 1 aromatic carbocycles. The van der Waals surface area contributed by atoms with Crippen molar-refractivity contribution in [1.82, 2.24) is 23.7 Å². The molecule has 7 rings (SSSR count). The van der Waals surface area contributed by atoms with Gasteiger partial charge in [0.1, 0.15) is 17.1 Å². The zero-order chi connectivity index (χ0) is 37.4. The molecule has 6 heterocycles. The van der Waals surface area contributed by atoms with Crippen LogP contribution in [0.2, 0.25) is 0 Å². The maximum atomic E-state index is 13.9. The van der Waals surface area contributed by atoms with Crippen molar-refractivity contribution in [1.29, 1.82) is 0 Å². The average Bonchev–Trinajstić information content (AvgIpc) is 3.36. The number of fused-ring (bicyclic) bond motifs is 4. The number of carboxylic acid groups (broad SMARTS) is 2. The second kappa shape index (κ2) is 17.5. The number of aryl methyl sites for hydroxylation is 2. The highest BCUT2D eigenvalue weighted by Gasteiger charge is 2.40. The van der Waals surface area contributed by atoms with E-state index < -0.39 is 11.9 Å². The predicted octanol–water partition coefficient (Wildman–Crippen LogP) is 4.84. The summed E-state index contributed by atoms with van der Waals surface area (Å²) in [5, 5.41) is 14.8. The van der Waals surface area contributed by atoms with Crippen LogP contribution in [0, 0.1) is 19.7 Å². The summed E-state index contributed by atoms with van der Waals surface area (Å²) in [7, 11) is 0. The molecule has 0 amide bonds. The molecule has 0 radical (unpaired) electrons. The second-order valence-corrected chi connectivity index (χ2v) is 13.1. The number of piperidine rings is 1. The first kappa shape index (κ1) is 38.3. The van der Waals surface area contributed by atoms with Crippen LogP contribution in [0.5, 0.6) is 0 Å². The van der Waals surface area contributed by atoms with Crippen molar-refractivity contribution >= 4 is 34.8 Å². The van der Waals surface area contributed by atoms with Crippen LogP contribution in [-0.4, -0.2) is 76.4 Å². The van der Waals surface area contributed by atoms with E-state index >= 15 is 0 Å². The number of hydrogen-bond donors (Lipinski definition) is 2. The molecular weight excluding hydrogens is 693 g/mol. The summed E-state index contributed by atoms with van der Waals surface area (Å²) in [6.07, 6.45) is 9.23. The van der Waals surface area contributed by atoms with Crippen molar-refractivity contribution in [2.24, 2.45) is 0 Å². The lowest BCUT2D eigenvalue weighted by Crippen LogP contribution is -2.46. The molecule has 2 N–H and O–H groups in total. The van der Waals surface area contributed by atoms with E-state index in [2.05, 4.69) is 14.9 Å². The normalized spacial score (nSPS) is 18.0. The van der Waals surface area contributed by atoms with Crippen LogP contribution >= 0.6 is 11.6 Å². The largest absolute Gasteiger partial charge is 0.473 e. The van der Waals surface area contributed by atoms with Crippen molar-refractivity contribution in [3.05, 3.63) is 128 Å². The molecule has 2 saturated heterocycles. The lowest BCUT2D eigenvalue weighted by atomic mass is 9.98. The smallest absolute Gasteiger partial charge is 0.414 e. The number of alkyl halides is 1. The Hall–Kier alpha value is -4.98. The summed E-state index contributed by atoms with van der Waals surface area (Å²) < 4.78 is 23.2. The van der Waals surface area contributed by atoms with Crippen molar-refractivity contribution in [3.8, 4) is 0 Å². The number of ether oxygens (including phenoxy) is 1. The van der Waals surface area contributed by atoms with Gasteiger partial charge in [0.15, 0.2) is 0 Å². The average molecular weight is 734 g/mol. The fourth-order valence-corrected chi connectivity index (χ4v) is 7.12. The summed E-state index contributed by atoms with van der Waals surface area (Å²) in [6.45, 7) is 4.97. The molecule has 2 fully saturated rings. The van der Waals surface area contributed by atoms with Crippen LogP contribution in [-0.2, 0) is 33.8 Å². The molecule has 52 heavy (non-hydrogen) atoms. The Morgan fingerprint density at radius 3 is 1.81 bits per heavy atom. The van der Waals surface area contributed by atoms with Gasteiger partial charge in [-0.1, -0.05) is 30.3 Å². The summed E-state index contributed by atoms with van der Waals surface area (Å²) in [4.78, 5) is 54.7. The molecule has 0 saturated carbocycles. The molecule has 2 unspecified atom stereocenters. The van der Waals surface area contributed by atoms with Gasteiger partial charge in [0.25, 0.3) is 11.1 Å². The minimum atomic E-state index is -1.82. The fraction of sp³-hybridized carbons (Fsp3) is 0.368. The maximum Gasteiger partial charge on any atom is 0.414 e. The number of pyridine rings is 2. The number of halogens is 2. The van der Waals surface area contributed by atoms with Crippen LogP contribution in [0.4, 0.5) is 4.39 Å². The number of hydrogen-bond acceptors (Lipinski definition) is 8. The molecule has 0 aliphatic carbocycles. The van der Waals surface area contributed by atoms with Crippen molar-refractivity contribution in [2.75, 3.05) is 12.4 Å². The standard InChI is InChI=1S/C25H28FN3O2.C11H11ClN2O.C2H2O4/c1-17-22(25(30)29-12-5-4-8-24(29)27-17)11-13-28-19-9-10-20(28)15-21(14-19)31-16-18-6-2-3-7-23(18)26;1-8-9(5-6-12)11(15)14-7-3-2-4-10(14)13-8;3-1(4)2(5)6/h2-8,12,19-21H,9-11,13-16H2,1H3;2-4,7H,5-6H2,1H3;(H,3,4)(H,5,6). The number of aromatic nitrogens is 4. The molecule has 4 aromatic heterocycles. The second-order valence-electron chi connectivity index (χ2n) is 12.7. The molecule has 2 aliphatic rings. The third-order valence-electron chi connectivity index (χ3n) is 9.49. The number of carboxylic acids is 2. The number of benzene rings is 1. The number of rotatable bonds is 8. The van der Waals surface area contributed by atoms with Crippen molar-refractivity contribution < 1.29 is 28.9 Å². The van der Waals surface area contributed by atoms with E-state index in [9.17, 15) is 14.0 Å².